The first-order chi connectivity index (χ1) is 1.00. The van der Waals surface area contributed by atoms with Crippen LogP contribution in [0.5, 0.6) is 0 Å². The number of rotatable bonds is 0. The minimum atomic E-state index is 0. The Bertz CT molecular complexity index is 6.00. The van der Waals surface area contributed by atoms with Crippen LogP contribution in [0.1, 0.15) is 0 Å². The molecule has 0 aromatic rings. The summed E-state index contributed by atoms with van der Waals surface area (Å²) < 4.78 is 0. The molecule has 4 heteroatoms. The summed E-state index contributed by atoms with van der Waals surface area (Å²) in [6.07, 6.45) is 0. The molecule has 0 radical (unpaired) electrons. The van der Waals surface area contributed by atoms with Gasteiger partial charge in [-0.1, -0.05) is 0 Å². The van der Waals surface area contributed by atoms with Crippen LogP contribution in [0.4, 0.5) is 0 Å². The molecule has 24 valence electrons. The van der Waals surface area contributed by atoms with E-state index >= 15 is 0 Å². The zero-order valence-corrected chi connectivity index (χ0v) is 7.35. The Morgan fingerprint density at radius 3 is 1.00 bits per heavy atom. The topological polar surface area (TPSA) is 0 Å². The van der Waals surface area contributed by atoms with Crippen molar-refractivity contribution in [2.24, 2.45) is 0 Å². The molecule has 0 aliphatic carbocycles. The fourth-order valence-electron chi connectivity index (χ4n) is 0. The van der Waals surface area contributed by atoms with Crippen molar-refractivity contribution in [3.05, 3.63) is 0 Å². The van der Waals surface area contributed by atoms with Gasteiger partial charge in [-0.25, -0.2) is 0 Å². The summed E-state index contributed by atoms with van der Waals surface area (Å²) in [6.45, 7) is 1.95. The molecule has 0 unspecified atom stereocenters. The van der Waals surface area contributed by atoms with Gasteiger partial charge in [-0.05, 0) is 0 Å². The summed E-state index contributed by atoms with van der Waals surface area (Å²) in [7, 11) is 0. The summed E-state index contributed by atoms with van der Waals surface area (Å²) in [4.78, 5) is 0. The van der Waals surface area contributed by atoms with Crippen molar-refractivity contribution in [2.75, 3.05) is 0 Å². The van der Waals surface area contributed by atoms with E-state index in [0.717, 1.165) is 0 Å². The molecule has 0 spiro atoms. The molecular formula is H2Cl2SiZr. The molecule has 0 rings (SSSR count). The average Bonchev–Trinajstić information content (AvgIpc) is 1.00. The first-order valence-corrected chi connectivity index (χ1v) is 6.27. The molecule has 0 aromatic heterocycles. The van der Waals surface area contributed by atoms with Crippen molar-refractivity contribution < 1.29 is 48.1 Å². The van der Waals surface area contributed by atoms with Gasteiger partial charge in [-0.2, -0.15) is 0 Å². The normalized spacial score (nSPS) is 1.50. The maximum absolute atomic E-state index is 1.95. The summed E-state index contributed by atoms with van der Waals surface area (Å²) in [5.74, 6) is 0. The van der Waals surface area contributed by atoms with Crippen LogP contribution in [-0.2, 0) is 23.3 Å². The number of hydrogen-bond acceptors (Lipinski definition) is 0. The zero-order valence-electron chi connectivity index (χ0n) is 1.96. The summed E-state index contributed by atoms with van der Waals surface area (Å²) >= 11 is 1.58. The van der Waals surface area contributed by atoms with Gasteiger partial charge < -0.3 is 24.8 Å². The van der Waals surface area contributed by atoms with Gasteiger partial charge in [-0.15, -0.1) is 0 Å². The second kappa shape index (κ2) is 22.5. The molecule has 0 aliphatic heterocycles. The third-order valence-corrected chi connectivity index (χ3v) is 0. The Balaban J connectivity index is -0.00000000500. The van der Waals surface area contributed by atoms with Crippen LogP contribution in [0.15, 0.2) is 0 Å². The average molecular weight is 192 g/mol. The van der Waals surface area contributed by atoms with Crippen molar-refractivity contribution in [1.82, 2.24) is 0 Å². The van der Waals surface area contributed by atoms with Crippen LogP contribution < -0.4 is 24.8 Å². The van der Waals surface area contributed by atoms with Gasteiger partial charge in [0.15, 0.2) is 0 Å². The Morgan fingerprint density at radius 2 is 1.00 bits per heavy atom. The molecular weight excluding hydrogens is 190 g/mol. The van der Waals surface area contributed by atoms with Gasteiger partial charge in [0, 0.05) is 0 Å². The third kappa shape index (κ3) is 9.36. The van der Waals surface area contributed by atoms with E-state index in [0.29, 0.717) is 0 Å². The summed E-state index contributed by atoms with van der Waals surface area (Å²) in [5.41, 5.74) is 0. The molecule has 0 bridgehead atoms. The molecule has 4 heavy (non-hydrogen) atoms. The quantitative estimate of drug-likeness (QED) is 0.335. The van der Waals surface area contributed by atoms with Crippen molar-refractivity contribution in [3.63, 3.8) is 0 Å². The summed E-state index contributed by atoms with van der Waals surface area (Å²) in [5, 5.41) is 0. The zero-order chi connectivity index (χ0) is 2.00. The van der Waals surface area contributed by atoms with E-state index in [9.17, 15) is 0 Å². The summed E-state index contributed by atoms with van der Waals surface area (Å²) in [6, 6.07) is 0. The maximum atomic E-state index is 1.95. The minimum absolute atomic E-state index is 0. The van der Waals surface area contributed by atoms with E-state index in [2.05, 4.69) is 0 Å². The van der Waals surface area contributed by atoms with Gasteiger partial charge in [0.25, 0.3) is 0 Å². The van der Waals surface area contributed by atoms with Crippen LogP contribution in [0.3, 0.4) is 0 Å². The second-order valence-corrected chi connectivity index (χ2v) is 0. The molecule has 0 saturated heterocycles. The van der Waals surface area contributed by atoms with Gasteiger partial charge >= 0.3 is 30.2 Å². The standard InChI is InChI=1S/2ClH.H2Si.Zr/h2*1H;1H2;/q;;;+2/p-2. The van der Waals surface area contributed by atoms with E-state index < -0.39 is 0 Å². The van der Waals surface area contributed by atoms with Gasteiger partial charge in [0.1, 0.15) is 0 Å². The van der Waals surface area contributed by atoms with E-state index in [-0.39, 0.29) is 24.8 Å². The Kier molecular flexibility index (Phi) is 97.2. The monoisotopic (exact) mass is 190 g/mol. The molecule has 0 heterocycles. The first kappa shape index (κ1) is 17.3. The van der Waals surface area contributed by atoms with E-state index in [4.69, 9.17) is 0 Å². The fraction of sp³-hybridized carbons (Fsp3) is 0. The Hall–Kier alpha value is 1.68. The van der Waals surface area contributed by atoms with Crippen LogP contribution in [0, 0.1) is 0 Å². The van der Waals surface area contributed by atoms with Gasteiger partial charge in [-0.3, -0.25) is 0 Å². The molecule has 0 fully saturated rings. The van der Waals surface area contributed by atoms with Crippen molar-refractivity contribution >= 4 is 6.88 Å². The van der Waals surface area contributed by atoms with Crippen molar-refractivity contribution in [1.29, 1.82) is 0 Å². The van der Waals surface area contributed by atoms with Gasteiger partial charge in [0.2, 0.25) is 0 Å². The molecule has 0 aliphatic rings. The number of halogens is 2. The van der Waals surface area contributed by atoms with Crippen LogP contribution in [0.2, 0.25) is 0 Å². The Labute approximate surface area is 54.7 Å². The first-order valence-electron chi connectivity index (χ1n) is 0.354. The SMILES string of the molecule is [Cl-].[Cl-].[SiH2]=[Zr+2]. The second-order valence-electron chi connectivity index (χ2n) is 0. The van der Waals surface area contributed by atoms with E-state index in [1.807, 2.05) is 6.88 Å². The fourth-order valence-corrected chi connectivity index (χ4v) is 0. The molecule has 0 nitrogen and oxygen atoms in total. The molecule has 0 aromatic carbocycles. The predicted octanol–water partition coefficient (Wildman–Crippen LogP) is -6.91. The van der Waals surface area contributed by atoms with Crippen molar-refractivity contribution in [3.8, 4) is 0 Å². The van der Waals surface area contributed by atoms with Gasteiger partial charge in [0.05, 0.1) is 0 Å². The van der Waals surface area contributed by atoms with E-state index in [1.165, 1.54) is 0 Å². The van der Waals surface area contributed by atoms with E-state index in [1.54, 1.807) is 23.3 Å². The van der Waals surface area contributed by atoms with Crippen LogP contribution in [0.25, 0.3) is 0 Å². The molecule has 0 amide bonds. The molecule has 0 atom stereocenters. The van der Waals surface area contributed by atoms with Crippen LogP contribution >= 0.6 is 0 Å². The predicted molar refractivity (Wildman–Crippen MR) is 8.54 cm³/mol. The number of hydrogen-bond donors (Lipinski definition) is 0. The van der Waals surface area contributed by atoms with Crippen LogP contribution in [-0.4, -0.2) is 6.88 Å². The third-order valence-electron chi connectivity index (χ3n) is 0. The van der Waals surface area contributed by atoms with Crippen molar-refractivity contribution in [2.45, 2.75) is 0 Å². The molecule has 0 N–H and O–H groups in total. The molecule has 0 saturated carbocycles. The Morgan fingerprint density at radius 1 is 1.00 bits per heavy atom.